The maximum absolute atomic E-state index is 12.8. The Hall–Kier alpha value is -2.19. The highest BCUT2D eigenvalue weighted by Gasteiger charge is 2.27. The Kier molecular flexibility index (Phi) is 5.04. The topological polar surface area (TPSA) is 57.0 Å². The van der Waals surface area contributed by atoms with E-state index in [2.05, 4.69) is 22.5 Å². The Bertz CT molecular complexity index is 688. The minimum absolute atomic E-state index is 0.0397. The van der Waals surface area contributed by atoms with E-state index < -0.39 is 0 Å². The molecule has 2 aromatic rings. The van der Waals surface area contributed by atoms with E-state index in [1.54, 1.807) is 23.5 Å². The number of nitrogens with zero attached hydrogens (tertiary/aromatic N) is 3. The van der Waals surface area contributed by atoms with Gasteiger partial charge >= 0.3 is 0 Å². The molecule has 5 heteroatoms. The first-order valence-electron chi connectivity index (χ1n) is 7.97. The SMILES string of the molecule is N#Cc1ccc(C(=O)N2CCCCC2CCc2cccs2)cn1. The van der Waals surface area contributed by atoms with Crippen molar-refractivity contribution in [2.24, 2.45) is 0 Å². The first-order valence-corrected chi connectivity index (χ1v) is 8.85. The summed E-state index contributed by atoms with van der Waals surface area (Å²) in [6.45, 7) is 0.813. The summed E-state index contributed by atoms with van der Waals surface area (Å²) in [5, 5.41) is 10.9. The highest BCUT2D eigenvalue weighted by Crippen LogP contribution is 2.24. The summed E-state index contributed by atoms with van der Waals surface area (Å²) in [5.41, 5.74) is 0.918. The van der Waals surface area contributed by atoms with E-state index in [0.29, 0.717) is 17.3 Å². The monoisotopic (exact) mass is 325 g/mol. The Balaban J connectivity index is 1.69. The second kappa shape index (κ2) is 7.38. The van der Waals surface area contributed by atoms with E-state index in [1.165, 1.54) is 17.5 Å². The number of aryl methyl sites for hydroxylation is 1. The average molecular weight is 325 g/mol. The molecule has 1 atom stereocenters. The van der Waals surface area contributed by atoms with Crippen LogP contribution >= 0.6 is 11.3 Å². The zero-order valence-corrected chi connectivity index (χ0v) is 13.8. The maximum atomic E-state index is 12.8. The molecule has 0 aliphatic carbocycles. The Labute approximate surface area is 140 Å². The van der Waals surface area contributed by atoms with Crippen LogP contribution in [-0.4, -0.2) is 28.4 Å². The molecule has 4 nitrogen and oxygen atoms in total. The van der Waals surface area contributed by atoms with Crippen molar-refractivity contribution in [2.75, 3.05) is 6.54 Å². The molecule has 0 aromatic carbocycles. The van der Waals surface area contributed by atoms with E-state index in [4.69, 9.17) is 5.26 Å². The van der Waals surface area contributed by atoms with Gasteiger partial charge in [-0.3, -0.25) is 4.79 Å². The van der Waals surface area contributed by atoms with Gasteiger partial charge in [-0.1, -0.05) is 6.07 Å². The molecule has 1 aliphatic heterocycles. The third-order valence-electron chi connectivity index (χ3n) is 4.32. The molecule has 1 saturated heterocycles. The molecule has 1 unspecified atom stereocenters. The van der Waals surface area contributed by atoms with Crippen molar-refractivity contribution in [3.63, 3.8) is 0 Å². The second-order valence-electron chi connectivity index (χ2n) is 5.81. The lowest BCUT2D eigenvalue weighted by Gasteiger charge is -2.36. The number of amides is 1. The minimum Gasteiger partial charge on any atom is -0.336 e. The van der Waals surface area contributed by atoms with Crippen molar-refractivity contribution in [3.05, 3.63) is 52.0 Å². The number of aromatic nitrogens is 1. The summed E-state index contributed by atoms with van der Waals surface area (Å²) < 4.78 is 0. The van der Waals surface area contributed by atoms with Crippen LogP contribution < -0.4 is 0 Å². The van der Waals surface area contributed by atoms with E-state index >= 15 is 0 Å². The van der Waals surface area contributed by atoms with Crippen LogP contribution in [0.15, 0.2) is 35.8 Å². The van der Waals surface area contributed by atoms with Crippen LogP contribution in [0.25, 0.3) is 0 Å². The molecule has 1 aliphatic rings. The molecule has 23 heavy (non-hydrogen) atoms. The fourth-order valence-electron chi connectivity index (χ4n) is 3.08. The number of likely N-dealkylation sites (tertiary alicyclic amines) is 1. The highest BCUT2D eigenvalue weighted by molar-refractivity contribution is 7.09. The van der Waals surface area contributed by atoms with Gasteiger partial charge in [-0.25, -0.2) is 4.98 Å². The number of nitriles is 1. The summed E-state index contributed by atoms with van der Waals surface area (Å²) in [5.74, 6) is 0.0397. The zero-order chi connectivity index (χ0) is 16.1. The van der Waals surface area contributed by atoms with Gasteiger partial charge in [0, 0.05) is 23.7 Å². The summed E-state index contributed by atoms with van der Waals surface area (Å²) >= 11 is 1.78. The first kappa shape index (κ1) is 15.7. The lowest BCUT2D eigenvalue weighted by molar-refractivity contribution is 0.0602. The molecule has 0 spiro atoms. The average Bonchev–Trinajstić information content (AvgIpc) is 3.13. The molecule has 3 rings (SSSR count). The molecule has 0 bridgehead atoms. The Morgan fingerprint density at radius 3 is 3.00 bits per heavy atom. The number of piperidine rings is 1. The van der Waals surface area contributed by atoms with E-state index in [9.17, 15) is 4.79 Å². The van der Waals surface area contributed by atoms with Gasteiger partial charge < -0.3 is 4.90 Å². The number of carbonyl (C=O) groups excluding carboxylic acids is 1. The first-order chi connectivity index (χ1) is 11.3. The molecule has 1 amide bonds. The van der Waals surface area contributed by atoms with Gasteiger partial charge in [0.1, 0.15) is 11.8 Å². The normalized spacial score (nSPS) is 17.7. The van der Waals surface area contributed by atoms with Gasteiger partial charge in [0.2, 0.25) is 0 Å². The van der Waals surface area contributed by atoms with E-state index in [1.807, 2.05) is 11.0 Å². The van der Waals surface area contributed by atoms with Crippen LogP contribution in [0.4, 0.5) is 0 Å². The minimum atomic E-state index is 0.0397. The van der Waals surface area contributed by atoms with Crippen LogP contribution in [0, 0.1) is 11.3 Å². The van der Waals surface area contributed by atoms with Crippen molar-refractivity contribution in [1.29, 1.82) is 5.26 Å². The van der Waals surface area contributed by atoms with Crippen LogP contribution in [0.3, 0.4) is 0 Å². The predicted octanol–water partition coefficient (Wildman–Crippen LogP) is 3.64. The number of carbonyl (C=O) groups is 1. The largest absolute Gasteiger partial charge is 0.336 e. The summed E-state index contributed by atoms with van der Waals surface area (Å²) in [7, 11) is 0. The number of pyridine rings is 1. The lowest BCUT2D eigenvalue weighted by Crippen LogP contribution is -2.44. The standard InChI is InChI=1S/C18H19N3OS/c19-12-15-7-6-14(13-20-15)18(22)21-10-2-1-4-16(21)8-9-17-5-3-11-23-17/h3,5-7,11,13,16H,1-2,4,8-10H2. The fourth-order valence-corrected chi connectivity index (χ4v) is 3.81. The number of hydrogen-bond donors (Lipinski definition) is 0. The van der Waals surface area contributed by atoms with Gasteiger partial charge in [0.25, 0.3) is 5.91 Å². The van der Waals surface area contributed by atoms with Crippen LogP contribution in [0.1, 0.15) is 46.6 Å². The maximum Gasteiger partial charge on any atom is 0.255 e. The van der Waals surface area contributed by atoms with Gasteiger partial charge in [-0.05, 0) is 55.7 Å². The van der Waals surface area contributed by atoms with Crippen molar-refractivity contribution < 1.29 is 4.79 Å². The summed E-state index contributed by atoms with van der Waals surface area (Å²) in [6.07, 6.45) is 6.87. The Morgan fingerprint density at radius 2 is 2.30 bits per heavy atom. The molecule has 118 valence electrons. The summed E-state index contributed by atoms with van der Waals surface area (Å²) in [4.78, 5) is 20.2. The van der Waals surface area contributed by atoms with Gasteiger partial charge in [0.05, 0.1) is 5.56 Å². The zero-order valence-electron chi connectivity index (χ0n) is 12.9. The summed E-state index contributed by atoms with van der Waals surface area (Å²) in [6, 6.07) is 9.83. The fraction of sp³-hybridized carbons (Fsp3) is 0.389. The molecular weight excluding hydrogens is 306 g/mol. The molecule has 2 aromatic heterocycles. The molecule has 1 fully saturated rings. The highest BCUT2D eigenvalue weighted by atomic mass is 32.1. The van der Waals surface area contributed by atoms with Crippen LogP contribution in [-0.2, 0) is 6.42 Å². The van der Waals surface area contributed by atoms with Crippen molar-refractivity contribution >= 4 is 17.2 Å². The van der Waals surface area contributed by atoms with Crippen molar-refractivity contribution in [2.45, 2.75) is 38.1 Å². The quantitative estimate of drug-likeness (QED) is 0.862. The smallest absolute Gasteiger partial charge is 0.255 e. The van der Waals surface area contributed by atoms with Gasteiger partial charge in [-0.2, -0.15) is 5.26 Å². The van der Waals surface area contributed by atoms with E-state index in [-0.39, 0.29) is 5.91 Å². The number of hydrogen-bond acceptors (Lipinski definition) is 4. The second-order valence-corrected chi connectivity index (χ2v) is 6.84. The Morgan fingerprint density at radius 1 is 1.39 bits per heavy atom. The lowest BCUT2D eigenvalue weighted by atomic mass is 9.96. The van der Waals surface area contributed by atoms with Crippen LogP contribution in [0.5, 0.6) is 0 Å². The molecule has 0 radical (unpaired) electrons. The van der Waals surface area contributed by atoms with E-state index in [0.717, 1.165) is 32.2 Å². The molecular formula is C18H19N3OS. The van der Waals surface area contributed by atoms with Gasteiger partial charge in [-0.15, -0.1) is 11.3 Å². The third-order valence-corrected chi connectivity index (χ3v) is 5.25. The molecule has 0 saturated carbocycles. The van der Waals surface area contributed by atoms with Crippen molar-refractivity contribution in [3.8, 4) is 6.07 Å². The van der Waals surface area contributed by atoms with Crippen molar-refractivity contribution in [1.82, 2.24) is 9.88 Å². The molecule has 3 heterocycles. The number of thiophene rings is 1. The predicted molar refractivity (Wildman–Crippen MR) is 90.3 cm³/mol. The third kappa shape index (κ3) is 3.77. The number of rotatable bonds is 4. The molecule has 0 N–H and O–H groups in total. The van der Waals surface area contributed by atoms with Gasteiger partial charge in [0.15, 0.2) is 0 Å². The van der Waals surface area contributed by atoms with Crippen LogP contribution in [0.2, 0.25) is 0 Å².